The van der Waals surface area contributed by atoms with Gasteiger partial charge in [0, 0.05) is 23.0 Å². The molecule has 0 bridgehead atoms. The number of pyridine rings is 1. The average Bonchev–Trinajstić information content (AvgIpc) is 2.79. The number of hydrogen-bond donors (Lipinski definition) is 2. The summed E-state index contributed by atoms with van der Waals surface area (Å²) in [6, 6.07) is 9.74. The van der Waals surface area contributed by atoms with E-state index in [-0.39, 0.29) is 0 Å². The molecule has 0 aliphatic carbocycles. The molecule has 1 aromatic carbocycles. The van der Waals surface area contributed by atoms with Gasteiger partial charge in [0.1, 0.15) is 0 Å². The van der Waals surface area contributed by atoms with Crippen LogP contribution in [0, 0.1) is 0 Å². The van der Waals surface area contributed by atoms with Gasteiger partial charge in [0.05, 0.1) is 6.61 Å². The van der Waals surface area contributed by atoms with E-state index in [2.05, 4.69) is 9.71 Å². The lowest BCUT2D eigenvalue weighted by Crippen LogP contribution is -2.28. The van der Waals surface area contributed by atoms with Crippen LogP contribution >= 0.6 is 11.9 Å². The zero-order valence-electron chi connectivity index (χ0n) is 9.54. The summed E-state index contributed by atoms with van der Waals surface area (Å²) < 4.78 is 8.39. The van der Waals surface area contributed by atoms with Crippen molar-refractivity contribution in [2.45, 2.75) is 11.5 Å². The number of hydrogen-bond acceptors (Lipinski definition) is 5. The van der Waals surface area contributed by atoms with E-state index < -0.39 is 7.12 Å². The fourth-order valence-corrected chi connectivity index (χ4v) is 2.42. The monoisotopic (exact) mass is 258 g/mol. The van der Waals surface area contributed by atoms with Gasteiger partial charge in [-0.05, 0) is 47.2 Å². The molecule has 2 heterocycles. The quantitative estimate of drug-likeness (QED) is 0.644. The van der Waals surface area contributed by atoms with Gasteiger partial charge >= 0.3 is 7.12 Å². The third-order valence-corrected chi connectivity index (χ3v) is 3.59. The summed E-state index contributed by atoms with van der Waals surface area (Å²) in [4.78, 5) is 5.05. The van der Waals surface area contributed by atoms with Gasteiger partial charge in [-0.25, -0.2) is 0 Å². The van der Waals surface area contributed by atoms with E-state index in [1.165, 1.54) is 11.9 Å². The molecular weight excluding hydrogens is 247 g/mol. The maximum Gasteiger partial charge on any atom is 0.491 e. The first kappa shape index (κ1) is 11.6. The molecule has 0 atom stereocenters. The normalized spacial score (nSPS) is 13.5. The summed E-state index contributed by atoms with van der Waals surface area (Å²) in [6.07, 6.45) is 3.51. The molecule has 4 nitrogen and oxygen atoms in total. The number of fused-ring (bicyclic) bond motifs is 1. The van der Waals surface area contributed by atoms with Crippen LogP contribution in [0.1, 0.15) is 5.56 Å². The second-order valence-corrected chi connectivity index (χ2v) is 4.84. The van der Waals surface area contributed by atoms with Gasteiger partial charge in [0.2, 0.25) is 0 Å². The van der Waals surface area contributed by atoms with Gasteiger partial charge in [-0.2, -0.15) is 0 Å². The molecule has 6 heteroatoms. The predicted molar refractivity (Wildman–Crippen MR) is 72.6 cm³/mol. The average molecular weight is 258 g/mol. The second-order valence-electron chi connectivity index (χ2n) is 3.96. The highest BCUT2D eigenvalue weighted by atomic mass is 32.2. The van der Waals surface area contributed by atoms with Crippen LogP contribution in [0.25, 0.3) is 0 Å². The fourth-order valence-electron chi connectivity index (χ4n) is 1.80. The molecule has 0 radical (unpaired) electrons. The molecule has 0 saturated heterocycles. The van der Waals surface area contributed by atoms with E-state index in [1.807, 2.05) is 30.3 Å². The van der Waals surface area contributed by atoms with Crippen LogP contribution in [0.3, 0.4) is 0 Å². The van der Waals surface area contributed by atoms with Crippen LogP contribution in [0.15, 0.2) is 47.6 Å². The molecule has 0 fully saturated rings. The SMILES string of the molecule is OB1OCc2ccc(NSc3ccncc3)cc21. The molecule has 0 saturated carbocycles. The first-order valence-electron chi connectivity index (χ1n) is 5.58. The van der Waals surface area contributed by atoms with Gasteiger partial charge in [-0.3, -0.25) is 4.98 Å². The van der Waals surface area contributed by atoms with Crippen LogP contribution < -0.4 is 10.2 Å². The van der Waals surface area contributed by atoms with Crippen LogP contribution in [-0.2, 0) is 11.3 Å². The summed E-state index contributed by atoms with van der Waals surface area (Å²) in [5.41, 5.74) is 2.83. The summed E-state index contributed by atoms with van der Waals surface area (Å²) in [5, 5.41) is 9.63. The number of aromatic nitrogens is 1. The van der Waals surface area contributed by atoms with Gasteiger partial charge in [-0.1, -0.05) is 6.07 Å². The van der Waals surface area contributed by atoms with E-state index in [9.17, 15) is 5.02 Å². The lowest BCUT2D eigenvalue weighted by atomic mass is 9.79. The van der Waals surface area contributed by atoms with Crippen molar-refractivity contribution >= 4 is 30.2 Å². The van der Waals surface area contributed by atoms with E-state index in [0.717, 1.165) is 21.6 Å². The highest BCUT2D eigenvalue weighted by Crippen LogP contribution is 2.21. The number of nitrogens with zero attached hydrogens (tertiary/aromatic N) is 1. The molecule has 0 spiro atoms. The molecule has 1 aliphatic rings. The highest BCUT2D eigenvalue weighted by Gasteiger charge is 2.27. The van der Waals surface area contributed by atoms with Gasteiger partial charge in [-0.15, -0.1) is 0 Å². The maximum absolute atomic E-state index is 9.63. The summed E-state index contributed by atoms with van der Waals surface area (Å²) >= 11 is 1.51. The lowest BCUT2D eigenvalue weighted by molar-refractivity contribution is 0.275. The summed E-state index contributed by atoms with van der Waals surface area (Å²) in [6.45, 7) is 0.480. The number of nitrogens with one attached hydrogen (secondary N) is 1. The predicted octanol–water partition coefficient (Wildman–Crippen LogP) is 1.42. The van der Waals surface area contributed by atoms with Crippen molar-refractivity contribution in [3.05, 3.63) is 48.3 Å². The molecule has 2 aromatic rings. The molecule has 90 valence electrons. The minimum Gasteiger partial charge on any atom is -0.423 e. The number of anilines is 1. The number of benzene rings is 1. The Labute approximate surface area is 110 Å². The van der Waals surface area contributed by atoms with Crippen molar-refractivity contribution in [1.82, 2.24) is 4.98 Å². The minimum absolute atomic E-state index is 0.480. The standard InChI is InChI=1S/C12H11BN2O2S/c16-13-12-7-10(2-1-9(12)8-17-13)15-18-11-3-5-14-6-4-11/h1-7,15-16H,8H2. The Balaban J connectivity index is 1.72. The van der Waals surface area contributed by atoms with Gasteiger partial charge in [0.25, 0.3) is 0 Å². The van der Waals surface area contributed by atoms with Crippen molar-refractivity contribution < 1.29 is 9.68 Å². The third kappa shape index (κ3) is 2.36. The van der Waals surface area contributed by atoms with Crippen LogP contribution in [0.4, 0.5) is 5.69 Å². The van der Waals surface area contributed by atoms with Crippen LogP contribution in [0.5, 0.6) is 0 Å². The van der Waals surface area contributed by atoms with Gasteiger partial charge in [0.15, 0.2) is 0 Å². The first-order chi connectivity index (χ1) is 8.83. The smallest absolute Gasteiger partial charge is 0.423 e. The largest absolute Gasteiger partial charge is 0.491 e. The number of rotatable bonds is 3. The maximum atomic E-state index is 9.63. The van der Waals surface area contributed by atoms with Crippen molar-refractivity contribution in [3.63, 3.8) is 0 Å². The third-order valence-electron chi connectivity index (χ3n) is 2.75. The topological polar surface area (TPSA) is 54.4 Å². The zero-order valence-corrected chi connectivity index (χ0v) is 10.4. The molecule has 1 aromatic heterocycles. The minimum atomic E-state index is -0.798. The Morgan fingerprint density at radius 2 is 2.11 bits per heavy atom. The second kappa shape index (κ2) is 5.01. The zero-order chi connectivity index (χ0) is 12.4. The fraction of sp³-hybridized carbons (Fsp3) is 0.0833. The lowest BCUT2D eigenvalue weighted by Gasteiger charge is -2.07. The molecule has 0 unspecified atom stereocenters. The van der Waals surface area contributed by atoms with Crippen LogP contribution in [-0.4, -0.2) is 17.1 Å². The van der Waals surface area contributed by atoms with Crippen molar-refractivity contribution in [1.29, 1.82) is 0 Å². The first-order valence-corrected chi connectivity index (χ1v) is 6.40. The Kier molecular flexibility index (Phi) is 3.23. The molecule has 2 N–H and O–H groups in total. The Morgan fingerprint density at radius 3 is 2.94 bits per heavy atom. The van der Waals surface area contributed by atoms with Gasteiger partial charge < -0.3 is 14.4 Å². The van der Waals surface area contributed by atoms with E-state index >= 15 is 0 Å². The van der Waals surface area contributed by atoms with E-state index in [0.29, 0.717) is 6.61 Å². The Hall–Kier alpha value is -1.50. The Morgan fingerprint density at radius 1 is 1.28 bits per heavy atom. The molecule has 0 amide bonds. The molecule has 1 aliphatic heterocycles. The van der Waals surface area contributed by atoms with Crippen molar-refractivity contribution in [3.8, 4) is 0 Å². The highest BCUT2D eigenvalue weighted by molar-refractivity contribution is 8.00. The van der Waals surface area contributed by atoms with Crippen LogP contribution in [0.2, 0.25) is 0 Å². The van der Waals surface area contributed by atoms with Crippen molar-refractivity contribution in [2.75, 3.05) is 4.72 Å². The van der Waals surface area contributed by atoms with E-state index in [1.54, 1.807) is 12.4 Å². The molecular formula is C12H11BN2O2S. The molecule has 18 heavy (non-hydrogen) atoms. The summed E-state index contributed by atoms with van der Waals surface area (Å²) in [5.74, 6) is 0. The molecule has 3 rings (SSSR count). The van der Waals surface area contributed by atoms with E-state index in [4.69, 9.17) is 4.65 Å². The van der Waals surface area contributed by atoms with Crippen molar-refractivity contribution in [2.24, 2.45) is 0 Å². The Bertz CT molecular complexity index is 553. The summed E-state index contributed by atoms with van der Waals surface area (Å²) in [7, 11) is -0.798.